The van der Waals surface area contributed by atoms with Crippen molar-refractivity contribution in [2.24, 2.45) is 5.92 Å². The van der Waals surface area contributed by atoms with Crippen molar-refractivity contribution in [3.63, 3.8) is 0 Å². The molecule has 0 spiro atoms. The van der Waals surface area contributed by atoms with Gasteiger partial charge in [0, 0.05) is 24.7 Å². The van der Waals surface area contributed by atoms with Crippen LogP contribution in [0.4, 0.5) is 0 Å². The zero-order chi connectivity index (χ0) is 17.5. The number of carboxylic acids is 1. The molecule has 2 rings (SSSR count). The molecule has 1 saturated heterocycles. The second-order valence-corrected chi connectivity index (χ2v) is 7.21. The van der Waals surface area contributed by atoms with Crippen LogP contribution in [0.15, 0.2) is 30.3 Å². The largest absolute Gasteiger partial charge is 0.549 e. The first kappa shape index (κ1) is 23.1. The molecule has 24 heavy (non-hydrogen) atoms. The van der Waals surface area contributed by atoms with Gasteiger partial charge in [0.2, 0.25) is 0 Å². The van der Waals surface area contributed by atoms with E-state index in [1.54, 1.807) is 0 Å². The number of carboxylic acid groups (broad SMARTS) is 1. The molecule has 2 atom stereocenters. The number of hydrogen-bond acceptors (Lipinski definition) is 3. The molecule has 1 fully saturated rings. The van der Waals surface area contributed by atoms with E-state index in [2.05, 4.69) is 14.1 Å². The highest BCUT2D eigenvalue weighted by Gasteiger charge is 2.24. The first-order chi connectivity index (χ1) is 10.8. The number of hydrogen-bond donors (Lipinski definition) is 1. The van der Waals surface area contributed by atoms with Crippen LogP contribution in [0.5, 0.6) is 0 Å². The molecular formula is C19H32BrNO3. The van der Waals surface area contributed by atoms with E-state index in [4.69, 9.17) is 5.11 Å². The third-order valence-electron chi connectivity index (χ3n) is 4.76. The minimum atomic E-state index is -0.981. The molecule has 1 aromatic carbocycles. The number of carbonyl (C=O) groups excluding carboxylic acids is 1. The highest BCUT2D eigenvalue weighted by molar-refractivity contribution is 8.93. The number of carbonyl (C=O) groups is 1. The van der Waals surface area contributed by atoms with E-state index in [-0.39, 0.29) is 29.0 Å². The molecule has 1 aliphatic rings. The van der Waals surface area contributed by atoms with Gasteiger partial charge in [-0.2, -0.15) is 0 Å². The van der Waals surface area contributed by atoms with Crippen molar-refractivity contribution in [3.8, 4) is 0 Å². The quantitative estimate of drug-likeness (QED) is 0.787. The summed E-state index contributed by atoms with van der Waals surface area (Å²) in [5.41, 5.74) is 0.835. The van der Waals surface area contributed by atoms with E-state index in [1.807, 2.05) is 44.2 Å². The maximum absolute atomic E-state index is 11.0. The fourth-order valence-corrected chi connectivity index (χ4v) is 2.85. The average Bonchev–Trinajstić information content (AvgIpc) is 2.52. The van der Waals surface area contributed by atoms with Gasteiger partial charge >= 0.3 is 0 Å². The fraction of sp³-hybridized carbons (Fsp3) is 0.632. The molecular weight excluding hydrogens is 370 g/mol. The van der Waals surface area contributed by atoms with Gasteiger partial charge in [-0.25, -0.2) is 0 Å². The Kier molecular flexibility index (Phi) is 10.4. The van der Waals surface area contributed by atoms with Crippen molar-refractivity contribution in [2.75, 3.05) is 27.2 Å². The number of aliphatic hydroxyl groups is 1. The Morgan fingerprint density at radius 3 is 2.12 bits per heavy atom. The molecule has 0 aliphatic carbocycles. The van der Waals surface area contributed by atoms with Crippen LogP contribution in [0.25, 0.3) is 0 Å². The summed E-state index contributed by atoms with van der Waals surface area (Å²) < 4.78 is 1.08. The van der Waals surface area contributed by atoms with E-state index in [0.29, 0.717) is 0 Å². The Bertz CT molecular complexity index is 469. The number of quaternary nitrogens is 1. The van der Waals surface area contributed by atoms with Crippen molar-refractivity contribution in [2.45, 2.75) is 45.1 Å². The van der Waals surface area contributed by atoms with E-state index in [9.17, 15) is 9.90 Å². The summed E-state index contributed by atoms with van der Waals surface area (Å²) in [4.78, 5) is 11.0. The van der Waals surface area contributed by atoms with E-state index in [1.165, 1.54) is 0 Å². The first-order valence-electron chi connectivity index (χ1n) is 8.52. The minimum Gasteiger partial charge on any atom is -0.549 e. The Balaban J connectivity index is 0.000000460. The molecule has 1 aromatic rings. The van der Waals surface area contributed by atoms with Crippen LogP contribution in [0.3, 0.4) is 0 Å². The van der Waals surface area contributed by atoms with Crippen molar-refractivity contribution in [1.82, 2.24) is 0 Å². The summed E-state index contributed by atoms with van der Waals surface area (Å²) >= 11 is 0. The fourth-order valence-electron chi connectivity index (χ4n) is 2.85. The monoisotopic (exact) mass is 401 g/mol. The predicted molar refractivity (Wildman–Crippen MR) is 101 cm³/mol. The number of benzene rings is 1. The van der Waals surface area contributed by atoms with Gasteiger partial charge in [-0.05, 0) is 11.5 Å². The van der Waals surface area contributed by atoms with E-state index >= 15 is 0 Å². The second kappa shape index (κ2) is 10.9. The molecule has 138 valence electrons. The number of rotatable bonds is 4. The number of piperidine rings is 1. The lowest BCUT2D eigenvalue weighted by molar-refractivity contribution is -0.896. The first-order valence-corrected chi connectivity index (χ1v) is 8.52. The summed E-state index contributed by atoms with van der Waals surface area (Å²) in [6.45, 7) is 6.18. The van der Waals surface area contributed by atoms with Crippen LogP contribution in [0.1, 0.15) is 44.6 Å². The van der Waals surface area contributed by atoms with Crippen LogP contribution >= 0.6 is 17.0 Å². The van der Waals surface area contributed by atoms with Crippen LogP contribution in [0, 0.1) is 5.92 Å². The molecule has 0 radical (unpaired) electrons. The molecule has 1 heterocycles. The van der Waals surface area contributed by atoms with Crippen LogP contribution < -0.4 is 5.11 Å². The SMILES string of the molecule is Br.CCC(C)C(C(=O)[O-])c1ccccc1.C[N+]1(C)CCC(O)CC1. The van der Waals surface area contributed by atoms with Crippen LogP contribution in [-0.4, -0.2) is 48.8 Å². The maximum Gasteiger partial charge on any atom is 0.0807 e. The van der Waals surface area contributed by atoms with E-state index < -0.39 is 11.9 Å². The minimum absolute atomic E-state index is 0. The Labute approximate surface area is 156 Å². The van der Waals surface area contributed by atoms with Gasteiger partial charge in [0.05, 0.1) is 33.3 Å². The zero-order valence-corrected chi connectivity index (χ0v) is 17.0. The lowest BCUT2D eigenvalue weighted by atomic mass is 9.86. The smallest absolute Gasteiger partial charge is 0.0807 e. The van der Waals surface area contributed by atoms with Crippen molar-refractivity contribution >= 4 is 23.0 Å². The normalized spacial score (nSPS) is 19.2. The highest BCUT2D eigenvalue weighted by atomic mass is 79.9. The number of nitrogens with zero attached hydrogens (tertiary/aromatic N) is 1. The number of likely N-dealkylation sites (tertiary alicyclic amines) is 1. The van der Waals surface area contributed by atoms with Gasteiger partial charge in [-0.15, -0.1) is 17.0 Å². The molecule has 0 saturated carbocycles. The predicted octanol–water partition coefficient (Wildman–Crippen LogP) is 2.36. The molecule has 0 bridgehead atoms. The summed E-state index contributed by atoms with van der Waals surface area (Å²) in [6.07, 6.45) is 2.78. The van der Waals surface area contributed by atoms with Gasteiger partial charge in [-0.3, -0.25) is 0 Å². The van der Waals surface area contributed by atoms with Crippen molar-refractivity contribution in [1.29, 1.82) is 0 Å². The molecule has 1 aliphatic heterocycles. The molecule has 1 N–H and O–H groups in total. The summed E-state index contributed by atoms with van der Waals surface area (Å²) in [6, 6.07) is 9.27. The van der Waals surface area contributed by atoms with Crippen LogP contribution in [0.2, 0.25) is 0 Å². The Morgan fingerprint density at radius 2 is 1.75 bits per heavy atom. The number of halogens is 1. The molecule has 2 unspecified atom stereocenters. The van der Waals surface area contributed by atoms with Gasteiger partial charge in [-0.1, -0.05) is 50.6 Å². The van der Waals surface area contributed by atoms with Gasteiger partial charge in [0.25, 0.3) is 0 Å². The zero-order valence-electron chi connectivity index (χ0n) is 15.3. The average molecular weight is 402 g/mol. The summed E-state index contributed by atoms with van der Waals surface area (Å²) in [7, 11) is 4.43. The highest BCUT2D eigenvalue weighted by Crippen LogP contribution is 2.25. The molecule has 0 aromatic heterocycles. The second-order valence-electron chi connectivity index (χ2n) is 7.21. The lowest BCUT2D eigenvalue weighted by Gasteiger charge is -2.35. The number of aliphatic hydroxyl groups excluding tert-OH is 1. The van der Waals surface area contributed by atoms with Gasteiger partial charge in [0.1, 0.15) is 0 Å². The third kappa shape index (κ3) is 7.77. The third-order valence-corrected chi connectivity index (χ3v) is 4.76. The molecule has 5 heteroatoms. The molecule has 4 nitrogen and oxygen atoms in total. The topological polar surface area (TPSA) is 60.4 Å². The Morgan fingerprint density at radius 1 is 1.25 bits per heavy atom. The van der Waals surface area contributed by atoms with E-state index in [0.717, 1.165) is 42.4 Å². The number of aliphatic carboxylic acids is 1. The molecule has 0 amide bonds. The lowest BCUT2D eigenvalue weighted by Crippen LogP contribution is -2.47. The standard InChI is InChI=1S/C12H16O2.C7H16NO.BrH/c1-3-9(2)11(12(13)14)10-7-5-4-6-8-10;1-8(2)5-3-7(9)4-6-8;/h4-9,11H,3H2,1-2H3,(H,13,14);7,9H,3-6H2,1-2H3;1H/q;+1;/p-1. The van der Waals surface area contributed by atoms with Gasteiger partial charge < -0.3 is 19.5 Å². The van der Waals surface area contributed by atoms with Crippen molar-refractivity contribution < 1.29 is 19.5 Å². The maximum atomic E-state index is 11.0. The van der Waals surface area contributed by atoms with Crippen molar-refractivity contribution in [3.05, 3.63) is 35.9 Å². The summed E-state index contributed by atoms with van der Waals surface area (Å²) in [5, 5.41) is 20.1. The Hall–Kier alpha value is -0.910. The summed E-state index contributed by atoms with van der Waals surface area (Å²) in [5.74, 6) is -1.35. The van der Waals surface area contributed by atoms with Gasteiger partial charge in [0.15, 0.2) is 0 Å². The van der Waals surface area contributed by atoms with Crippen LogP contribution in [-0.2, 0) is 4.79 Å².